The van der Waals surface area contributed by atoms with Gasteiger partial charge in [-0.15, -0.1) is 0 Å². The van der Waals surface area contributed by atoms with Crippen molar-refractivity contribution in [3.63, 3.8) is 0 Å². The minimum atomic E-state index is -0.824. The molecule has 0 radical (unpaired) electrons. The Morgan fingerprint density at radius 1 is 1.00 bits per heavy atom. The zero-order valence-corrected chi connectivity index (χ0v) is 17.1. The number of benzene rings is 2. The number of carbonyl (C=O) groups excluding carboxylic acids is 3. The Morgan fingerprint density at radius 3 is 2.34 bits per heavy atom. The lowest BCUT2D eigenvalue weighted by Gasteiger charge is -2.16. The summed E-state index contributed by atoms with van der Waals surface area (Å²) in [4.78, 5) is 36.2. The molecule has 6 nitrogen and oxygen atoms in total. The second-order valence-electron chi connectivity index (χ2n) is 6.46. The average molecular weight is 417 g/mol. The number of hydrogen-bond acceptors (Lipinski definition) is 4. The minimum Gasteiger partial charge on any atom is -0.452 e. The van der Waals surface area contributed by atoms with Gasteiger partial charge >= 0.3 is 5.97 Å². The first-order chi connectivity index (χ1) is 14.0. The first kappa shape index (κ1) is 22.4. The van der Waals surface area contributed by atoms with Crippen molar-refractivity contribution < 1.29 is 19.1 Å². The maximum absolute atomic E-state index is 12.2. The summed E-state index contributed by atoms with van der Waals surface area (Å²) in [6.45, 7) is 2.49. The molecule has 0 heterocycles. The van der Waals surface area contributed by atoms with Crippen LogP contribution in [0.1, 0.15) is 42.1 Å². The van der Waals surface area contributed by atoms with E-state index in [1.807, 2.05) is 30.3 Å². The Labute approximate surface area is 175 Å². The van der Waals surface area contributed by atoms with Gasteiger partial charge in [-0.2, -0.15) is 0 Å². The fourth-order valence-electron chi connectivity index (χ4n) is 2.58. The third-order valence-corrected chi connectivity index (χ3v) is 4.45. The molecule has 0 spiro atoms. The number of nitrogens with one attached hydrogen (secondary N) is 2. The number of rotatable bonds is 10. The van der Waals surface area contributed by atoms with E-state index in [2.05, 4.69) is 10.6 Å². The number of hydrogen-bond donors (Lipinski definition) is 2. The van der Waals surface area contributed by atoms with Gasteiger partial charge in [-0.25, -0.2) is 0 Å². The third kappa shape index (κ3) is 7.95. The lowest BCUT2D eigenvalue weighted by atomic mass is 10.2. The van der Waals surface area contributed by atoms with E-state index in [0.29, 0.717) is 36.5 Å². The average Bonchev–Trinajstić information content (AvgIpc) is 2.74. The molecule has 0 aromatic heterocycles. The van der Waals surface area contributed by atoms with Crippen molar-refractivity contribution in [3.05, 3.63) is 70.7 Å². The molecular formula is C22H25ClN2O4. The molecule has 2 aromatic rings. The maximum Gasteiger partial charge on any atom is 0.306 e. The van der Waals surface area contributed by atoms with Crippen LogP contribution in [0.2, 0.25) is 5.02 Å². The number of carbonyl (C=O) groups is 3. The van der Waals surface area contributed by atoms with Gasteiger partial charge in [-0.1, -0.05) is 48.9 Å². The van der Waals surface area contributed by atoms with Crippen molar-refractivity contribution in [1.29, 1.82) is 0 Å². The molecule has 0 saturated heterocycles. The number of amides is 2. The summed E-state index contributed by atoms with van der Waals surface area (Å²) in [7, 11) is 0. The van der Waals surface area contributed by atoms with Gasteiger partial charge in [0.25, 0.3) is 11.8 Å². The van der Waals surface area contributed by atoms with Crippen LogP contribution in [0.15, 0.2) is 54.6 Å². The molecule has 0 aliphatic carbocycles. The van der Waals surface area contributed by atoms with Gasteiger partial charge in [-0.05, 0) is 42.7 Å². The molecule has 2 rings (SSSR count). The van der Waals surface area contributed by atoms with Crippen LogP contribution in [-0.2, 0) is 20.9 Å². The summed E-state index contributed by atoms with van der Waals surface area (Å²) in [5.74, 6) is -1.02. The van der Waals surface area contributed by atoms with E-state index in [1.54, 1.807) is 31.2 Å². The third-order valence-electron chi connectivity index (χ3n) is 4.20. The summed E-state index contributed by atoms with van der Waals surface area (Å²) < 4.78 is 5.28. The quantitative estimate of drug-likeness (QED) is 0.458. The predicted molar refractivity (Wildman–Crippen MR) is 111 cm³/mol. The van der Waals surface area contributed by atoms with Crippen LogP contribution in [0.5, 0.6) is 0 Å². The molecule has 0 saturated carbocycles. The smallest absolute Gasteiger partial charge is 0.306 e. The molecule has 0 aliphatic heterocycles. The van der Waals surface area contributed by atoms with Crippen molar-refractivity contribution in [1.82, 2.24) is 10.6 Å². The highest BCUT2D eigenvalue weighted by molar-refractivity contribution is 6.30. The summed E-state index contributed by atoms with van der Waals surface area (Å²) in [5.41, 5.74) is 1.47. The van der Waals surface area contributed by atoms with E-state index < -0.39 is 12.1 Å². The fourth-order valence-corrected chi connectivity index (χ4v) is 2.70. The summed E-state index contributed by atoms with van der Waals surface area (Å²) >= 11 is 5.79. The Morgan fingerprint density at radius 2 is 1.69 bits per heavy atom. The Kier molecular flexibility index (Phi) is 9.18. The van der Waals surface area contributed by atoms with Gasteiger partial charge in [0.15, 0.2) is 6.10 Å². The molecule has 2 aromatic carbocycles. The first-order valence-electron chi connectivity index (χ1n) is 9.54. The summed E-state index contributed by atoms with van der Waals surface area (Å²) in [6, 6.07) is 16.0. The number of halogens is 1. The van der Waals surface area contributed by atoms with Crippen LogP contribution >= 0.6 is 11.6 Å². The Balaban J connectivity index is 1.67. The minimum absolute atomic E-state index is 0.114. The molecule has 2 N–H and O–H groups in total. The lowest BCUT2D eigenvalue weighted by molar-refractivity contribution is -0.156. The molecule has 7 heteroatoms. The molecule has 0 aliphatic rings. The highest BCUT2D eigenvalue weighted by Gasteiger charge is 2.20. The summed E-state index contributed by atoms with van der Waals surface area (Å²) in [6.07, 6.45) is 0.0957. The van der Waals surface area contributed by atoms with E-state index in [1.165, 1.54) is 0 Å². The Hall–Kier alpha value is -2.86. The predicted octanol–water partition coefficient (Wildman–Crippen LogP) is 3.49. The van der Waals surface area contributed by atoms with Crippen LogP contribution in [-0.4, -0.2) is 30.4 Å². The second kappa shape index (κ2) is 11.9. The molecule has 2 amide bonds. The zero-order valence-electron chi connectivity index (χ0n) is 16.3. The first-order valence-corrected chi connectivity index (χ1v) is 9.92. The van der Waals surface area contributed by atoms with Crippen molar-refractivity contribution in [3.8, 4) is 0 Å². The van der Waals surface area contributed by atoms with Crippen LogP contribution < -0.4 is 10.6 Å². The van der Waals surface area contributed by atoms with Gasteiger partial charge in [0.1, 0.15) is 0 Å². The van der Waals surface area contributed by atoms with E-state index in [9.17, 15) is 14.4 Å². The van der Waals surface area contributed by atoms with Gasteiger partial charge in [0, 0.05) is 30.1 Å². The molecule has 1 unspecified atom stereocenters. The standard InChI is InChI=1S/C22H25ClN2O4/c1-2-19(22(28)25-15-16-7-4-3-5-8-16)29-20(26)9-6-14-24-21(27)17-10-12-18(23)13-11-17/h3-5,7-8,10-13,19H,2,6,9,14-15H2,1H3,(H,24,27)(H,25,28). The van der Waals surface area contributed by atoms with Crippen molar-refractivity contribution in [2.45, 2.75) is 38.8 Å². The van der Waals surface area contributed by atoms with Crippen molar-refractivity contribution in [2.75, 3.05) is 6.54 Å². The molecule has 1 atom stereocenters. The maximum atomic E-state index is 12.2. The zero-order chi connectivity index (χ0) is 21.1. The molecule has 154 valence electrons. The van der Waals surface area contributed by atoms with E-state index in [0.717, 1.165) is 5.56 Å². The molecule has 29 heavy (non-hydrogen) atoms. The van der Waals surface area contributed by atoms with Gasteiger partial charge in [0.2, 0.25) is 0 Å². The van der Waals surface area contributed by atoms with Crippen molar-refractivity contribution in [2.24, 2.45) is 0 Å². The highest BCUT2D eigenvalue weighted by Crippen LogP contribution is 2.09. The largest absolute Gasteiger partial charge is 0.452 e. The number of ether oxygens (including phenoxy) is 1. The van der Waals surface area contributed by atoms with Crippen molar-refractivity contribution >= 4 is 29.4 Å². The normalized spacial score (nSPS) is 11.4. The summed E-state index contributed by atoms with van der Waals surface area (Å²) in [5, 5.41) is 6.07. The molecular weight excluding hydrogens is 392 g/mol. The lowest BCUT2D eigenvalue weighted by Crippen LogP contribution is -2.37. The topological polar surface area (TPSA) is 84.5 Å². The van der Waals surface area contributed by atoms with Crippen LogP contribution in [0.25, 0.3) is 0 Å². The molecule has 0 bridgehead atoms. The SMILES string of the molecule is CCC(OC(=O)CCCNC(=O)c1ccc(Cl)cc1)C(=O)NCc1ccccc1. The number of esters is 1. The van der Waals surface area contributed by atoms with Gasteiger partial charge in [-0.3, -0.25) is 14.4 Å². The van der Waals surface area contributed by atoms with Crippen LogP contribution in [0, 0.1) is 0 Å². The monoisotopic (exact) mass is 416 g/mol. The fraction of sp³-hybridized carbons (Fsp3) is 0.318. The van der Waals surface area contributed by atoms with E-state index in [4.69, 9.17) is 16.3 Å². The van der Waals surface area contributed by atoms with Crippen LogP contribution in [0.3, 0.4) is 0 Å². The highest BCUT2D eigenvalue weighted by atomic mass is 35.5. The Bertz CT molecular complexity index is 809. The van der Waals surface area contributed by atoms with Gasteiger partial charge in [0.05, 0.1) is 0 Å². The van der Waals surface area contributed by atoms with Crippen LogP contribution in [0.4, 0.5) is 0 Å². The molecule has 0 fully saturated rings. The second-order valence-corrected chi connectivity index (χ2v) is 6.89. The van der Waals surface area contributed by atoms with E-state index >= 15 is 0 Å². The van der Waals surface area contributed by atoms with E-state index in [-0.39, 0.29) is 18.2 Å². The van der Waals surface area contributed by atoms with Gasteiger partial charge < -0.3 is 15.4 Å².